The fraction of sp³-hybridized carbons (Fsp3) is 0.409. The molecular formula is C22H26FN3O. The average molecular weight is 367 g/mol. The Labute approximate surface area is 159 Å². The van der Waals surface area contributed by atoms with Crippen LogP contribution in [0.3, 0.4) is 0 Å². The number of carbonyl (C=O) groups is 1. The lowest BCUT2D eigenvalue weighted by molar-refractivity contribution is 0.0708. The second kappa shape index (κ2) is 7.41. The van der Waals surface area contributed by atoms with Crippen molar-refractivity contribution in [2.24, 2.45) is 17.6 Å². The van der Waals surface area contributed by atoms with Crippen molar-refractivity contribution in [1.82, 2.24) is 10.2 Å². The van der Waals surface area contributed by atoms with Crippen LogP contribution in [0, 0.1) is 24.6 Å². The molecule has 0 saturated carbocycles. The van der Waals surface area contributed by atoms with Gasteiger partial charge in [-0.2, -0.15) is 0 Å². The number of halogens is 1. The van der Waals surface area contributed by atoms with Crippen molar-refractivity contribution in [3.05, 3.63) is 70.5 Å². The van der Waals surface area contributed by atoms with Crippen LogP contribution in [0.5, 0.6) is 0 Å². The molecule has 0 aliphatic carbocycles. The van der Waals surface area contributed by atoms with Crippen LogP contribution in [-0.4, -0.2) is 37.0 Å². The van der Waals surface area contributed by atoms with Crippen molar-refractivity contribution < 1.29 is 9.18 Å². The van der Waals surface area contributed by atoms with Crippen molar-refractivity contribution in [2.45, 2.75) is 19.4 Å². The largest absolute Gasteiger partial charge is 0.331 e. The zero-order valence-electron chi connectivity index (χ0n) is 15.6. The first-order chi connectivity index (χ1) is 13.1. The van der Waals surface area contributed by atoms with E-state index in [2.05, 4.69) is 24.4 Å². The SMILES string of the molecule is Cc1ccccc1[C@@H]1[C@H]2CNC[C@H]2CN1C(=O)c1cc(CCN)ccc1F. The quantitative estimate of drug-likeness (QED) is 0.874. The second-order valence-corrected chi connectivity index (χ2v) is 7.69. The van der Waals surface area contributed by atoms with Crippen LogP contribution in [0.1, 0.15) is 33.1 Å². The normalized spacial score (nSPS) is 24.3. The highest BCUT2D eigenvalue weighted by atomic mass is 19.1. The summed E-state index contributed by atoms with van der Waals surface area (Å²) in [5.74, 6) is 0.104. The number of carbonyl (C=O) groups excluding carboxylic acids is 1. The number of benzene rings is 2. The number of amides is 1. The molecule has 0 spiro atoms. The minimum atomic E-state index is -0.459. The standard InChI is InChI=1S/C22H26FN3O/c1-14-4-2-3-5-17(14)21-19-12-25-11-16(19)13-26(21)22(27)18-10-15(8-9-24)6-7-20(18)23/h2-7,10,16,19,21,25H,8-9,11-13,24H2,1H3/t16-,19-,21+/m0/s1. The zero-order chi connectivity index (χ0) is 19.0. The molecule has 142 valence electrons. The summed E-state index contributed by atoms with van der Waals surface area (Å²) in [6.07, 6.45) is 0.636. The van der Waals surface area contributed by atoms with Crippen molar-refractivity contribution >= 4 is 5.91 Å². The van der Waals surface area contributed by atoms with Crippen molar-refractivity contribution in [2.75, 3.05) is 26.2 Å². The predicted octanol–water partition coefficient (Wildman–Crippen LogP) is 2.67. The molecule has 4 nitrogen and oxygen atoms in total. The Balaban J connectivity index is 1.72. The number of hydrogen-bond acceptors (Lipinski definition) is 3. The highest BCUT2D eigenvalue weighted by molar-refractivity contribution is 5.95. The molecule has 3 atom stereocenters. The third kappa shape index (κ3) is 3.26. The molecule has 0 unspecified atom stereocenters. The van der Waals surface area contributed by atoms with Crippen molar-refractivity contribution in [3.63, 3.8) is 0 Å². The summed E-state index contributed by atoms with van der Waals surface area (Å²) in [5.41, 5.74) is 9.02. The van der Waals surface area contributed by atoms with Gasteiger partial charge in [0.2, 0.25) is 0 Å². The molecule has 1 amide bonds. The van der Waals surface area contributed by atoms with Crippen LogP contribution in [0.4, 0.5) is 4.39 Å². The number of aryl methyl sites for hydroxylation is 1. The molecule has 0 aromatic heterocycles. The van der Waals surface area contributed by atoms with Crippen LogP contribution in [0.15, 0.2) is 42.5 Å². The number of fused-ring (bicyclic) bond motifs is 1. The van der Waals surface area contributed by atoms with E-state index in [1.54, 1.807) is 12.1 Å². The summed E-state index contributed by atoms with van der Waals surface area (Å²) < 4.78 is 14.5. The Hall–Kier alpha value is -2.24. The first-order valence-electron chi connectivity index (χ1n) is 9.66. The van der Waals surface area contributed by atoms with Crippen LogP contribution >= 0.6 is 0 Å². The Morgan fingerprint density at radius 1 is 1.26 bits per heavy atom. The molecule has 2 saturated heterocycles. The van der Waals surface area contributed by atoms with Gasteiger partial charge in [-0.25, -0.2) is 4.39 Å². The van der Waals surface area contributed by atoms with Gasteiger partial charge >= 0.3 is 0 Å². The first-order valence-corrected chi connectivity index (χ1v) is 9.66. The highest BCUT2D eigenvalue weighted by Gasteiger charge is 2.47. The summed E-state index contributed by atoms with van der Waals surface area (Å²) in [4.78, 5) is 15.3. The van der Waals surface area contributed by atoms with Crippen LogP contribution in [-0.2, 0) is 6.42 Å². The maximum atomic E-state index is 14.5. The smallest absolute Gasteiger partial charge is 0.257 e. The van der Waals surface area contributed by atoms with Gasteiger partial charge in [0.1, 0.15) is 5.82 Å². The summed E-state index contributed by atoms with van der Waals surface area (Å²) in [7, 11) is 0. The lowest BCUT2D eigenvalue weighted by Gasteiger charge is -2.30. The van der Waals surface area contributed by atoms with Crippen LogP contribution in [0.2, 0.25) is 0 Å². The number of rotatable bonds is 4. The molecule has 2 aromatic carbocycles. The summed E-state index contributed by atoms with van der Waals surface area (Å²) in [5, 5.41) is 3.45. The molecule has 0 bridgehead atoms. The summed E-state index contributed by atoms with van der Waals surface area (Å²) in [6, 6.07) is 13.0. The molecule has 2 heterocycles. The maximum Gasteiger partial charge on any atom is 0.257 e. The van der Waals surface area contributed by atoms with Gasteiger partial charge in [0.15, 0.2) is 0 Å². The van der Waals surface area contributed by atoms with Crippen LogP contribution < -0.4 is 11.1 Å². The molecule has 2 aromatic rings. The lowest BCUT2D eigenvalue weighted by atomic mass is 9.87. The van der Waals surface area contributed by atoms with Gasteiger partial charge in [0, 0.05) is 25.6 Å². The van der Waals surface area contributed by atoms with E-state index in [9.17, 15) is 9.18 Å². The van der Waals surface area contributed by atoms with Gasteiger partial charge in [0.05, 0.1) is 11.6 Å². The van der Waals surface area contributed by atoms with E-state index in [1.165, 1.54) is 17.2 Å². The number of nitrogens with zero attached hydrogens (tertiary/aromatic N) is 1. The minimum absolute atomic E-state index is 0.0173. The third-order valence-corrected chi connectivity index (χ3v) is 6.03. The molecule has 2 fully saturated rings. The van der Waals surface area contributed by atoms with E-state index in [4.69, 9.17) is 5.73 Å². The second-order valence-electron chi connectivity index (χ2n) is 7.69. The van der Waals surface area contributed by atoms with Gasteiger partial charge in [-0.3, -0.25) is 4.79 Å². The Kier molecular flexibility index (Phi) is 4.98. The average Bonchev–Trinajstić information content (AvgIpc) is 3.25. The van der Waals surface area contributed by atoms with Crippen molar-refractivity contribution in [3.8, 4) is 0 Å². The summed E-state index contributed by atoms with van der Waals surface area (Å²) >= 11 is 0. The first kappa shape index (κ1) is 18.1. The van der Waals surface area contributed by atoms with Gasteiger partial charge in [-0.05, 0) is 54.6 Å². The summed E-state index contributed by atoms with van der Waals surface area (Å²) in [6.45, 7) is 5.02. The molecule has 3 N–H and O–H groups in total. The molecule has 4 rings (SSSR count). The highest BCUT2D eigenvalue weighted by Crippen LogP contribution is 2.44. The topological polar surface area (TPSA) is 58.4 Å². The molecule has 2 aliphatic rings. The Morgan fingerprint density at radius 2 is 2.07 bits per heavy atom. The number of hydrogen-bond donors (Lipinski definition) is 2. The predicted molar refractivity (Wildman–Crippen MR) is 104 cm³/mol. The van der Waals surface area contributed by atoms with Crippen LogP contribution in [0.25, 0.3) is 0 Å². The van der Waals surface area contributed by atoms with Gasteiger partial charge in [-0.15, -0.1) is 0 Å². The van der Waals surface area contributed by atoms with E-state index in [-0.39, 0.29) is 17.5 Å². The van der Waals surface area contributed by atoms with Crippen molar-refractivity contribution in [1.29, 1.82) is 0 Å². The van der Waals surface area contributed by atoms with E-state index < -0.39 is 5.82 Å². The molecule has 0 radical (unpaired) electrons. The maximum absolute atomic E-state index is 14.5. The molecular weight excluding hydrogens is 341 g/mol. The minimum Gasteiger partial charge on any atom is -0.331 e. The molecule has 2 aliphatic heterocycles. The monoisotopic (exact) mass is 367 g/mol. The zero-order valence-corrected chi connectivity index (χ0v) is 15.6. The van der Waals surface area contributed by atoms with E-state index in [0.29, 0.717) is 31.3 Å². The van der Waals surface area contributed by atoms with Gasteiger partial charge < -0.3 is 16.0 Å². The fourth-order valence-electron chi connectivity index (χ4n) is 4.66. The Bertz CT molecular complexity index is 853. The Morgan fingerprint density at radius 3 is 2.85 bits per heavy atom. The van der Waals surface area contributed by atoms with E-state index in [0.717, 1.165) is 18.7 Å². The number of nitrogens with one attached hydrogen (secondary N) is 1. The van der Waals surface area contributed by atoms with E-state index >= 15 is 0 Å². The van der Waals surface area contributed by atoms with Gasteiger partial charge in [-0.1, -0.05) is 30.3 Å². The van der Waals surface area contributed by atoms with Gasteiger partial charge in [0.25, 0.3) is 5.91 Å². The number of likely N-dealkylation sites (tertiary alicyclic amines) is 1. The third-order valence-electron chi connectivity index (χ3n) is 6.03. The van der Waals surface area contributed by atoms with E-state index in [1.807, 2.05) is 17.0 Å². The molecule has 5 heteroatoms. The lowest BCUT2D eigenvalue weighted by Crippen LogP contribution is -2.35. The number of nitrogens with two attached hydrogens (primary N) is 1. The fourth-order valence-corrected chi connectivity index (χ4v) is 4.66. The molecule has 27 heavy (non-hydrogen) atoms.